The van der Waals surface area contributed by atoms with Gasteiger partial charge in [-0.05, 0) is 24.8 Å². The van der Waals surface area contributed by atoms with Crippen molar-refractivity contribution < 1.29 is 4.79 Å². The summed E-state index contributed by atoms with van der Waals surface area (Å²) in [6, 6.07) is 10.5. The van der Waals surface area contributed by atoms with E-state index in [1.807, 2.05) is 25.1 Å². The highest BCUT2D eigenvalue weighted by Gasteiger charge is 2.25. The minimum atomic E-state index is 0.102. The van der Waals surface area contributed by atoms with Crippen molar-refractivity contribution >= 4 is 5.91 Å². The Morgan fingerprint density at radius 2 is 1.65 bits per heavy atom. The average molecular weight is 275 g/mol. The number of carbonyl (C=O) groups is 1. The van der Waals surface area contributed by atoms with Crippen LogP contribution < -0.4 is 0 Å². The van der Waals surface area contributed by atoms with Crippen molar-refractivity contribution in [3.63, 3.8) is 0 Å². The van der Waals surface area contributed by atoms with Crippen LogP contribution in [0.2, 0.25) is 0 Å². The molecule has 20 heavy (non-hydrogen) atoms. The summed E-state index contributed by atoms with van der Waals surface area (Å²) in [5.74, 6) is 0.920. The van der Waals surface area contributed by atoms with Gasteiger partial charge >= 0.3 is 0 Å². The number of carbonyl (C=O) groups excluding carboxylic acids is 1. The van der Waals surface area contributed by atoms with Gasteiger partial charge in [-0.3, -0.25) is 4.79 Å². The van der Waals surface area contributed by atoms with Gasteiger partial charge in [0, 0.05) is 12.5 Å². The van der Waals surface area contributed by atoms with Gasteiger partial charge in [-0.15, -0.1) is 0 Å². The maximum atomic E-state index is 12.7. The highest BCUT2D eigenvalue weighted by molar-refractivity contribution is 5.79. The molecule has 2 heteroatoms. The zero-order chi connectivity index (χ0) is 15.1. The molecule has 0 heterocycles. The van der Waals surface area contributed by atoms with E-state index in [-0.39, 0.29) is 17.9 Å². The van der Waals surface area contributed by atoms with Crippen LogP contribution in [-0.4, -0.2) is 17.4 Å². The second kappa shape index (κ2) is 8.08. The third-order valence-electron chi connectivity index (χ3n) is 4.27. The van der Waals surface area contributed by atoms with E-state index in [1.165, 1.54) is 5.56 Å². The summed E-state index contributed by atoms with van der Waals surface area (Å²) in [5, 5.41) is 0. The quantitative estimate of drug-likeness (QED) is 0.708. The Morgan fingerprint density at radius 3 is 2.15 bits per heavy atom. The molecular formula is C18H29NO. The van der Waals surface area contributed by atoms with E-state index in [9.17, 15) is 4.79 Å². The molecule has 1 aromatic carbocycles. The maximum absolute atomic E-state index is 12.7. The number of nitrogens with zero attached hydrogens (tertiary/aromatic N) is 1. The molecule has 2 nitrogen and oxygen atoms in total. The van der Waals surface area contributed by atoms with E-state index in [2.05, 4.69) is 44.7 Å². The third kappa shape index (κ3) is 4.36. The lowest BCUT2D eigenvalue weighted by Gasteiger charge is -2.33. The molecule has 1 aromatic rings. The molecule has 1 amide bonds. The molecule has 112 valence electrons. The van der Waals surface area contributed by atoms with Crippen LogP contribution in [0.5, 0.6) is 0 Å². The lowest BCUT2D eigenvalue weighted by molar-refractivity contribution is -0.138. The summed E-state index contributed by atoms with van der Waals surface area (Å²) in [6.45, 7) is 11.5. The van der Waals surface area contributed by atoms with Gasteiger partial charge in [-0.25, -0.2) is 0 Å². The summed E-state index contributed by atoms with van der Waals surface area (Å²) in [4.78, 5) is 14.7. The summed E-state index contributed by atoms with van der Waals surface area (Å²) in [7, 11) is 0. The van der Waals surface area contributed by atoms with Gasteiger partial charge in [0.05, 0.1) is 6.04 Å². The Hall–Kier alpha value is -1.31. The molecule has 0 saturated carbocycles. The van der Waals surface area contributed by atoms with Crippen LogP contribution in [0.3, 0.4) is 0 Å². The Kier molecular flexibility index (Phi) is 6.77. The molecule has 3 atom stereocenters. The first-order valence-corrected chi connectivity index (χ1v) is 7.86. The number of hydrogen-bond donors (Lipinski definition) is 0. The fourth-order valence-electron chi connectivity index (χ4n) is 2.27. The van der Waals surface area contributed by atoms with Crippen molar-refractivity contribution in [2.75, 3.05) is 6.54 Å². The molecular weight excluding hydrogens is 246 g/mol. The van der Waals surface area contributed by atoms with Crippen LogP contribution in [0.1, 0.15) is 59.1 Å². The minimum Gasteiger partial charge on any atom is -0.335 e. The van der Waals surface area contributed by atoms with E-state index in [0.29, 0.717) is 5.92 Å². The topological polar surface area (TPSA) is 20.3 Å². The number of hydrogen-bond acceptors (Lipinski definition) is 1. The Bertz CT molecular complexity index is 401. The summed E-state index contributed by atoms with van der Waals surface area (Å²) >= 11 is 0. The van der Waals surface area contributed by atoms with Crippen molar-refractivity contribution in [2.24, 2.45) is 11.8 Å². The van der Waals surface area contributed by atoms with Crippen molar-refractivity contribution in [3.8, 4) is 0 Å². The van der Waals surface area contributed by atoms with E-state index in [0.717, 1.165) is 19.4 Å². The second-order valence-corrected chi connectivity index (χ2v) is 5.90. The number of rotatable bonds is 7. The molecule has 0 bridgehead atoms. The molecule has 0 aliphatic heterocycles. The predicted molar refractivity (Wildman–Crippen MR) is 85.5 cm³/mol. The van der Waals surface area contributed by atoms with Crippen molar-refractivity contribution in [3.05, 3.63) is 35.9 Å². The Balaban J connectivity index is 2.94. The molecule has 1 rings (SSSR count). The summed E-state index contributed by atoms with van der Waals surface area (Å²) in [5.41, 5.74) is 1.22. The smallest absolute Gasteiger partial charge is 0.225 e. The zero-order valence-corrected chi connectivity index (χ0v) is 13.6. The standard InChI is InChI=1S/C18H29NO/c1-6-14(3)13-19(18(20)15(4)7-2)16(5)17-11-9-8-10-12-17/h8-12,14-16H,6-7,13H2,1-5H3/t14?,15-,16?/m0/s1. The number of amides is 1. The van der Waals surface area contributed by atoms with Gasteiger partial charge in [-0.1, -0.05) is 64.4 Å². The normalized spacial score (nSPS) is 15.4. The average Bonchev–Trinajstić information content (AvgIpc) is 2.50. The Morgan fingerprint density at radius 1 is 1.05 bits per heavy atom. The van der Waals surface area contributed by atoms with Crippen LogP contribution in [0.25, 0.3) is 0 Å². The molecule has 0 aromatic heterocycles. The second-order valence-electron chi connectivity index (χ2n) is 5.90. The molecule has 2 unspecified atom stereocenters. The van der Waals surface area contributed by atoms with E-state index >= 15 is 0 Å². The highest BCUT2D eigenvalue weighted by atomic mass is 16.2. The monoisotopic (exact) mass is 275 g/mol. The zero-order valence-electron chi connectivity index (χ0n) is 13.6. The molecule has 0 radical (unpaired) electrons. The van der Waals surface area contributed by atoms with Crippen LogP contribution in [-0.2, 0) is 4.79 Å². The largest absolute Gasteiger partial charge is 0.335 e. The maximum Gasteiger partial charge on any atom is 0.225 e. The summed E-state index contributed by atoms with van der Waals surface area (Å²) in [6.07, 6.45) is 2.00. The van der Waals surface area contributed by atoms with E-state index in [4.69, 9.17) is 0 Å². The molecule has 0 saturated heterocycles. The van der Waals surface area contributed by atoms with Crippen LogP contribution in [0.4, 0.5) is 0 Å². The minimum absolute atomic E-state index is 0.102. The molecule has 0 spiro atoms. The SMILES string of the molecule is CCC(C)CN(C(=O)[C@@H](C)CC)C(C)c1ccccc1. The van der Waals surface area contributed by atoms with E-state index in [1.54, 1.807) is 0 Å². The molecule has 0 N–H and O–H groups in total. The highest BCUT2D eigenvalue weighted by Crippen LogP contribution is 2.24. The first-order chi connectivity index (χ1) is 9.51. The number of benzene rings is 1. The molecule has 0 aliphatic rings. The van der Waals surface area contributed by atoms with Gasteiger partial charge < -0.3 is 4.90 Å². The van der Waals surface area contributed by atoms with Crippen molar-refractivity contribution in [1.82, 2.24) is 4.90 Å². The van der Waals surface area contributed by atoms with Crippen molar-refractivity contribution in [2.45, 2.75) is 53.5 Å². The van der Waals surface area contributed by atoms with Crippen molar-refractivity contribution in [1.29, 1.82) is 0 Å². The Labute approximate surface area is 124 Å². The van der Waals surface area contributed by atoms with Crippen LogP contribution in [0.15, 0.2) is 30.3 Å². The van der Waals surface area contributed by atoms with Gasteiger partial charge in [0.25, 0.3) is 0 Å². The first kappa shape index (κ1) is 16.7. The lowest BCUT2D eigenvalue weighted by Crippen LogP contribution is -2.39. The van der Waals surface area contributed by atoms with E-state index < -0.39 is 0 Å². The fourth-order valence-corrected chi connectivity index (χ4v) is 2.27. The fraction of sp³-hybridized carbons (Fsp3) is 0.611. The van der Waals surface area contributed by atoms with Gasteiger partial charge in [0.2, 0.25) is 5.91 Å². The molecule has 0 fully saturated rings. The summed E-state index contributed by atoms with van der Waals surface area (Å²) < 4.78 is 0. The predicted octanol–water partition coefficient (Wildman–Crippen LogP) is 4.67. The van der Waals surface area contributed by atoms with Crippen LogP contribution in [0, 0.1) is 11.8 Å². The lowest BCUT2D eigenvalue weighted by atomic mass is 10.00. The van der Waals surface area contributed by atoms with Crippen LogP contribution >= 0.6 is 0 Å². The third-order valence-corrected chi connectivity index (χ3v) is 4.27. The van der Waals surface area contributed by atoms with Gasteiger partial charge in [-0.2, -0.15) is 0 Å². The van der Waals surface area contributed by atoms with Gasteiger partial charge in [0.1, 0.15) is 0 Å². The molecule has 0 aliphatic carbocycles. The first-order valence-electron chi connectivity index (χ1n) is 7.86. The van der Waals surface area contributed by atoms with Gasteiger partial charge in [0.15, 0.2) is 0 Å².